The van der Waals surface area contributed by atoms with Crippen molar-refractivity contribution in [1.29, 1.82) is 0 Å². The quantitative estimate of drug-likeness (QED) is 0.120. The van der Waals surface area contributed by atoms with Crippen LogP contribution in [0.5, 0.6) is 0 Å². The zero-order valence-electron chi connectivity index (χ0n) is 17.6. The highest BCUT2D eigenvalue weighted by Gasteiger charge is 2.27. The van der Waals surface area contributed by atoms with Crippen LogP contribution in [0.15, 0.2) is 0 Å². The summed E-state index contributed by atoms with van der Waals surface area (Å²) in [7, 11) is 0. The van der Waals surface area contributed by atoms with Crippen molar-refractivity contribution in [2.75, 3.05) is 0 Å². The van der Waals surface area contributed by atoms with Gasteiger partial charge in [0.1, 0.15) is 12.1 Å². The third-order valence-electron chi connectivity index (χ3n) is 4.21. The van der Waals surface area contributed by atoms with E-state index >= 15 is 0 Å². The molecule has 1 radical (unpaired) electrons. The number of rotatable bonds is 16. The molecule has 5 amide bonds. The number of hydrogen-bond acceptors (Lipinski definition) is 8. The minimum Gasteiger partial charge on any atom is -0.481 e. The number of carboxylic acids is 1. The molecule has 0 aromatic rings. The summed E-state index contributed by atoms with van der Waals surface area (Å²) >= 11 is 0. The Morgan fingerprint density at radius 3 is 1.88 bits per heavy atom. The minimum absolute atomic E-state index is 0.109. The largest absolute Gasteiger partial charge is 0.481 e. The number of nitrogens with one attached hydrogen (secondary N) is 3. The highest BCUT2D eigenvalue weighted by Crippen LogP contribution is 2.02. The maximum absolute atomic E-state index is 12.5. The van der Waals surface area contributed by atoms with Crippen LogP contribution in [0.2, 0.25) is 0 Å². The van der Waals surface area contributed by atoms with Crippen LogP contribution >= 0.6 is 0 Å². The second kappa shape index (κ2) is 14.5. The summed E-state index contributed by atoms with van der Waals surface area (Å²) in [4.78, 5) is 80.3. The maximum Gasteiger partial charge on any atom is 0.303 e. The van der Waals surface area contributed by atoms with Crippen molar-refractivity contribution < 1.29 is 38.7 Å². The van der Waals surface area contributed by atoms with Crippen LogP contribution < -0.4 is 33.2 Å². The molecule has 14 nitrogen and oxygen atoms in total. The van der Waals surface area contributed by atoms with Crippen LogP contribution in [0, 0.1) is 0 Å². The number of nitrogens with two attached hydrogens (primary N) is 3. The number of aliphatic carboxylic acids is 1. The fourth-order valence-electron chi connectivity index (χ4n) is 2.37. The molecule has 0 fully saturated rings. The molecule has 0 saturated heterocycles. The van der Waals surface area contributed by atoms with Gasteiger partial charge in [-0.2, -0.15) is 0 Å². The highest BCUT2D eigenvalue weighted by atomic mass is 16.4. The zero-order valence-corrected chi connectivity index (χ0v) is 17.6. The lowest BCUT2D eigenvalue weighted by Crippen LogP contribution is -2.56. The molecule has 4 atom stereocenters. The van der Waals surface area contributed by atoms with Gasteiger partial charge in [-0.05, 0) is 26.2 Å². The summed E-state index contributed by atoms with van der Waals surface area (Å²) in [5.74, 6) is -4.98. The van der Waals surface area contributed by atoms with Crippen LogP contribution in [-0.4, -0.2) is 71.1 Å². The lowest BCUT2D eigenvalue weighted by atomic mass is 10.1. The van der Waals surface area contributed by atoms with E-state index in [2.05, 4.69) is 16.0 Å². The van der Waals surface area contributed by atoms with Crippen molar-refractivity contribution in [2.24, 2.45) is 17.2 Å². The van der Waals surface area contributed by atoms with Crippen molar-refractivity contribution in [2.45, 2.75) is 69.6 Å². The molecular formula is C18H29N6O8. The zero-order chi connectivity index (χ0) is 24.8. The van der Waals surface area contributed by atoms with E-state index in [1.165, 1.54) is 13.2 Å². The van der Waals surface area contributed by atoms with E-state index in [1.807, 2.05) is 0 Å². The number of carboxylic acid groups (broad SMARTS) is 1. The SMILES string of the molecule is C[C@H](NC(=O)[C@@H](N)CCC(=O)O)C(=O)N[C@@H](CCC(N)=O)C(=O)N[C@H]([C]=O)CCC(N)=O. The Bertz CT molecular complexity index is 728. The van der Waals surface area contributed by atoms with E-state index in [0.29, 0.717) is 0 Å². The van der Waals surface area contributed by atoms with E-state index in [4.69, 9.17) is 22.3 Å². The van der Waals surface area contributed by atoms with Crippen molar-refractivity contribution >= 4 is 41.8 Å². The van der Waals surface area contributed by atoms with E-state index in [0.717, 1.165) is 0 Å². The third-order valence-corrected chi connectivity index (χ3v) is 4.21. The summed E-state index contributed by atoms with van der Waals surface area (Å²) in [5, 5.41) is 15.5. The minimum atomic E-state index is -1.29. The average molecular weight is 457 g/mol. The van der Waals surface area contributed by atoms with Gasteiger partial charge in [-0.15, -0.1) is 0 Å². The van der Waals surface area contributed by atoms with Crippen LogP contribution in [0.4, 0.5) is 0 Å². The molecule has 179 valence electrons. The van der Waals surface area contributed by atoms with Gasteiger partial charge in [0, 0.05) is 19.3 Å². The topological polar surface area (TPSA) is 254 Å². The van der Waals surface area contributed by atoms with Gasteiger partial charge < -0.3 is 38.3 Å². The van der Waals surface area contributed by atoms with Crippen LogP contribution in [0.1, 0.15) is 45.4 Å². The smallest absolute Gasteiger partial charge is 0.303 e. The van der Waals surface area contributed by atoms with Gasteiger partial charge in [0.25, 0.3) is 0 Å². The predicted molar refractivity (Wildman–Crippen MR) is 109 cm³/mol. The van der Waals surface area contributed by atoms with Crippen LogP contribution in [0.25, 0.3) is 0 Å². The molecular weight excluding hydrogens is 428 g/mol. The van der Waals surface area contributed by atoms with Gasteiger partial charge in [-0.25, -0.2) is 0 Å². The summed E-state index contributed by atoms with van der Waals surface area (Å²) in [6.07, 6.45) is 0.284. The van der Waals surface area contributed by atoms with Gasteiger partial charge in [0.2, 0.25) is 35.8 Å². The lowest BCUT2D eigenvalue weighted by molar-refractivity contribution is -0.137. The lowest BCUT2D eigenvalue weighted by Gasteiger charge is -2.23. The number of primary amides is 2. The third kappa shape index (κ3) is 12.2. The molecule has 0 aliphatic carbocycles. The predicted octanol–water partition coefficient (Wildman–Crippen LogP) is -3.71. The second-order valence-electron chi connectivity index (χ2n) is 7.02. The van der Waals surface area contributed by atoms with Crippen LogP contribution in [0.3, 0.4) is 0 Å². The molecule has 32 heavy (non-hydrogen) atoms. The summed E-state index contributed by atoms with van der Waals surface area (Å²) < 4.78 is 0. The Kier molecular flexibility index (Phi) is 12.9. The van der Waals surface area contributed by atoms with Crippen molar-refractivity contribution in [3.8, 4) is 0 Å². The number of hydrogen-bond donors (Lipinski definition) is 7. The van der Waals surface area contributed by atoms with E-state index in [9.17, 15) is 33.6 Å². The Hall–Kier alpha value is -3.55. The molecule has 0 heterocycles. The van der Waals surface area contributed by atoms with Crippen molar-refractivity contribution in [3.63, 3.8) is 0 Å². The van der Waals surface area contributed by atoms with Crippen molar-refractivity contribution in [1.82, 2.24) is 16.0 Å². The molecule has 0 unspecified atom stereocenters. The Morgan fingerprint density at radius 2 is 1.38 bits per heavy atom. The molecule has 0 aliphatic heterocycles. The van der Waals surface area contributed by atoms with E-state index < -0.39 is 59.7 Å². The number of amides is 5. The Morgan fingerprint density at radius 1 is 0.812 bits per heavy atom. The first-order valence-corrected chi connectivity index (χ1v) is 9.70. The molecule has 0 aliphatic rings. The molecule has 0 aromatic heterocycles. The first-order valence-electron chi connectivity index (χ1n) is 9.70. The fourth-order valence-corrected chi connectivity index (χ4v) is 2.37. The summed E-state index contributed by atoms with van der Waals surface area (Å²) in [5.41, 5.74) is 15.6. The highest BCUT2D eigenvalue weighted by molar-refractivity contribution is 5.93. The fraction of sp³-hybridized carbons (Fsp3) is 0.611. The monoisotopic (exact) mass is 457 g/mol. The van der Waals surface area contributed by atoms with E-state index in [1.54, 1.807) is 0 Å². The number of carbonyl (C=O) groups is 6. The molecule has 0 bridgehead atoms. The molecule has 0 rings (SSSR count). The maximum atomic E-state index is 12.5. The van der Waals surface area contributed by atoms with Crippen molar-refractivity contribution in [3.05, 3.63) is 0 Å². The second-order valence-corrected chi connectivity index (χ2v) is 7.02. The summed E-state index contributed by atoms with van der Waals surface area (Å²) in [6.45, 7) is 1.30. The normalized spacial score (nSPS) is 14.2. The Balaban J connectivity index is 5.04. The number of carbonyl (C=O) groups excluding carboxylic acids is 6. The molecule has 0 spiro atoms. The van der Waals surface area contributed by atoms with Gasteiger partial charge in [0.05, 0.1) is 12.1 Å². The summed E-state index contributed by atoms with van der Waals surface area (Å²) in [6, 6.07) is -4.79. The molecule has 14 heteroatoms. The van der Waals surface area contributed by atoms with Gasteiger partial charge in [-0.3, -0.25) is 33.6 Å². The Labute approximate surface area is 184 Å². The van der Waals surface area contributed by atoms with Gasteiger partial charge in [-0.1, -0.05) is 0 Å². The molecule has 0 saturated carbocycles. The first kappa shape index (κ1) is 28.5. The molecule has 10 N–H and O–H groups in total. The molecule has 0 aromatic carbocycles. The van der Waals surface area contributed by atoms with Crippen LogP contribution in [-0.2, 0) is 33.6 Å². The average Bonchev–Trinajstić information content (AvgIpc) is 2.71. The van der Waals surface area contributed by atoms with Gasteiger partial charge >= 0.3 is 5.97 Å². The standard InChI is InChI=1S/C18H29N6O8/c1-9(22-17(31)11(19)3-7-15(28)29)16(30)24-12(4-6-14(21)27)18(32)23-10(8-25)2-5-13(20)26/h9-12H,2-7,19H2,1H3,(H2,20,26)(H2,21,27)(H,22,31)(H,23,32)(H,24,30)(H,28,29)/t9-,10-,11-,12-/m0/s1. The van der Waals surface area contributed by atoms with E-state index in [-0.39, 0.29) is 38.5 Å². The van der Waals surface area contributed by atoms with Gasteiger partial charge in [0.15, 0.2) is 0 Å². The first-order chi connectivity index (χ1) is 14.9.